The molecule has 0 saturated carbocycles. The third kappa shape index (κ3) is 2.31. The summed E-state index contributed by atoms with van der Waals surface area (Å²) in [7, 11) is 0. The van der Waals surface area contributed by atoms with Crippen LogP contribution in [0.4, 0.5) is 10.1 Å². The summed E-state index contributed by atoms with van der Waals surface area (Å²) in [5.41, 5.74) is 1.62. The Hall–Kier alpha value is -1.23. The van der Waals surface area contributed by atoms with E-state index in [9.17, 15) is 4.39 Å². The Morgan fingerprint density at radius 3 is 2.68 bits per heavy atom. The van der Waals surface area contributed by atoms with Gasteiger partial charge in [0, 0.05) is 28.1 Å². The lowest BCUT2D eigenvalue weighted by molar-refractivity contribution is 0.631. The van der Waals surface area contributed by atoms with Gasteiger partial charge in [-0.25, -0.2) is 4.39 Å². The molecule has 2 nitrogen and oxygen atoms in total. The molecule has 1 aliphatic heterocycles. The van der Waals surface area contributed by atoms with Crippen molar-refractivity contribution >= 4 is 46.1 Å². The van der Waals surface area contributed by atoms with E-state index >= 15 is 0 Å². The molecule has 0 aliphatic carbocycles. The van der Waals surface area contributed by atoms with Crippen molar-refractivity contribution < 1.29 is 4.39 Å². The van der Waals surface area contributed by atoms with Crippen molar-refractivity contribution in [3.8, 4) is 11.1 Å². The van der Waals surface area contributed by atoms with Crippen molar-refractivity contribution in [3.05, 3.63) is 47.2 Å². The number of hydrogen-bond acceptors (Lipinski definition) is 3. The molecule has 0 unspecified atom stereocenters. The fourth-order valence-corrected chi connectivity index (χ4v) is 2.93. The summed E-state index contributed by atoms with van der Waals surface area (Å²) >= 11 is 13.2. The molecule has 2 aromatic rings. The highest BCUT2D eigenvalue weighted by Crippen LogP contribution is 2.43. The second-order valence-electron chi connectivity index (χ2n) is 3.87. The molecule has 0 atom stereocenters. The Labute approximate surface area is 123 Å². The van der Waals surface area contributed by atoms with E-state index in [-0.39, 0.29) is 11.1 Å². The molecular formula is C13H7Cl2FN2S. The summed E-state index contributed by atoms with van der Waals surface area (Å²) in [5, 5.41) is 3.60. The Morgan fingerprint density at radius 1 is 1.11 bits per heavy atom. The summed E-state index contributed by atoms with van der Waals surface area (Å²) in [6, 6.07) is 10.2. The van der Waals surface area contributed by atoms with Gasteiger partial charge in [0.05, 0.1) is 10.6 Å². The van der Waals surface area contributed by atoms with Gasteiger partial charge in [0.15, 0.2) is 0 Å². The minimum absolute atomic E-state index is 0.219. The topological polar surface area (TPSA) is 24.4 Å². The van der Waals surface area contributed by atoms with E-state index in [1.165, 1.54) is 18.0 Å². The minimum Gasteiger partial charge on any atom is -0.328 e. The van der Waals surface area contributed by atoms with E-state index in [0.717, 1.165) is 4.90 Å². The maximum absolute atomic E-state index is 14.2. The van der Waals surface area contributed by atoms with E-state index in [4.69, 9.17) is 23.2 Å². The van der Waals surface area contributed by atoms with Crippen LogP contribution in [-0.4, -0.2) is 5.29 Å². The molecule has 6 heteroatoms. The number of halogens is 3. The van der Waals surface area contributed by atoms with Crippen LogP contribution in [0.1, 0.15) is 0 Å². The standard InChI is InChI=1S/C13H7Cl2FN2S/c14-8-4-2-1-3-7(8)11-9(16)5-6-10-12(11)17-13(15)18-19-10/h1-6H,(H,17,18). The lowest BCUT2D eigenvalue weighted by Gasteiger charge is -2.19. The van der Waals surface area contributed by atoms with E-state index < -0.39 is 0 Å². The second-order valence-corrected chi connectivity index (χ2v) is 5.44. The van der Waals surface area contributed by atoms with E-state index in [0.29, 0.717) is 21.8 Å². The molecule has 96 valence electrons. The lowest BCUT2D eigenvalue weighted by atomic mass is 10.0. The molecule has 1 N–H and O–H groups in total. The molecule has 2 aromatic carbocycles. The van der Waals surface area contributed by atoms with Crippen molar-refractivity contribution in [1.82, 2.24) is 0 Å². The number of anilines is 1. The molecule has 0 radical (unpaired) electrons. The zero-order chi connectivity index (χ0) is 13.4. The number of nitrogens with one attached hydrogen (secondary N) is 1. The summed E-state index contributed by atoms with van der Waals surface area (Å²) in [6.45, 7) is 0. The van der Waals surface area contributed by atoms with Gasteiger partial charge in [0.2, 0.25) is 5.29 Å². The quantitative estimate of drug-likeness (QED) is 0.580. The predicted octanol–water partition coefficient (Wildman–Crippen LogP) is 5.17. The van der Waals surface area contributed by atoms with Gasteiger partial charge in [0.1, 0.15) is 5.82 Å². The van der Waals surface area contributed by atoms with E-state index in [1.54, 1.807) is 24.3 Å². The second kappa shape index (κ2) is 5.04. The van der Waals surface area contributed by atoms with Crippen molar-refractivity contribution in [1.29, 1.82) is 0 Å². The van der Waals surface area contributed by atoms with Crippen LogP contribution in [-0.2, 0) is 0 Å². The Bertz CT molecular complexity index is 688. The average Bonchev–Trinajstić information content (AvgIpc) is 2.40. The average molecular weight is 313 g/mol. The first-order valence-electron chi connectivity index (χ1n) is 5.42. The normalized spacial score (nSPS) is 13.5. The number of benzene rings is 2. The summed E-state index contributed by atoms with van der Waals surface area (Å²) in [6.07, 6.45) is 0. The van der Waals surface area contributed by atoms with Gasteiger partial charge in [-0.1, -0.05) is 29.8 Å². The number of nitrogens with zero attached hydrogens (tertiary/aromatic N) is 1. The van der Waals surface area contributed by atoms with E-state index in [1.807, 2.05) is 6.07 Å². The first kappa shape index (κ1) is 12.8. The monoisotopic (exact) mass is 312 g/mol. The Kier molecular flexibility index (Phi) is 3.39. The first-order chi connectivity index (χ1) is 9.16. The fourth-order valence-electron chi connectivity index (χ4n) is 1.90. The smallest absolute Gasteiger partial charge is 0.207 e. The van der Waals surface area contributed by atoms with Crippen LogP contribution in [0.25, 0.3) is 11.1 Å². The zero-order valence-electron chi connectivity index (χ0n) is 9.45. The molecule has 3 rings (SSSR count). The molecular weight excluding hydrogens is 306 g/mol. The molecule has 1 heterocycles. The molecule has 0 saturated heterocycles. The molecule has 0 aromatic heterocycles. The van der Waals surface area contributed by atoms with Gasteiger partial charge in [-0.15, -0.1) is 0 Å². The number of amidine groups is 1. The van der Waals surface area contributed by atoms with Crippen LogP contribution in [0.3, 0.4) is 0 Å². The summed E-state index contributed by atoms with van der Waals surface area (Å²) < 4.78 is 18.2. The van der Waals surface area contributed by atoms with Crippen LogP contribution in [0.2, 0.25) is 5.02 Å². The molecule has 0 bridgehead atoms. The maximum Gasteiger partial charge on any atom is 0.207 e. The number of hydrogen-bond donors (Lipinski definition) is 1. The molecule has 19 heavy (non-hydrogen) atoms. The highest BCUT2D eigenvalue weighted by atomic mass is 35.5. The van der Waals surface area contributed by atoms with Crippen molar-refractivity contribution in [2.45, 2.75) is 4.90 Å². The number of fused-ring (bicyclic) bond motifs is 1. The van der Waals surface area contributed by atoms with Gasteiger partial charge >= 0.3 is 0 Å². The Balaban J connectivity index is 2.25. The van der Waals surface area contributed by atoms with Crippen LogP contribution in [0, 0.1) is 5.82 Å². The van der Waals surface area contributed by atoms with Gasteiger partial charge in [-0.05, 0) is 29.8 Å². The van der Waals surface area contributed by atoms with Crippen molar-refractivity contribution in [2.75, 3.05) is 5.32 Å². The zero-order valence-corrected chi connectivity index (χ0v) is 11.8. The first-order valence-corrected chi connectivity index (χ1v) is 6.94. The fraction of sp³-hybridized carbons (Fsp3) is 0. The van der Waals surface area contributed by atoms with Crippen molar-refractivity contribution in [3.63, 3.8) is 0 Å². The van der Waals surface area contributed by atoms with Crippen LogP contribution >= 0.6 is 35.1 Å². The third-order valence-corrected chi connectivity index (χ3v) is 4.13. The van der Waals surface area contributed by atoms with Gasteiger partial charge in [0.25, 0.3) is 0 Å². The molecule has 0 spiro atoms. The van der Waals surface area contributed by atoms with Gasteiger partial charge in [-0.2, -0.15) is 4.40 Å². The van der Waals surface area contributed by atoms with Gasteiger partial charge in [-0.3, -0.25) is 0 Å². The summed E-state index contributed by atoms with van der Waals surface area (Å²) in [5.74, 6) is -0.355. The number of rotatable bonds is 1. The highest BCUT2D eigenvalue weighted by Gasteiger charge is 2.21. The van der Waals surface area contributed by atoms with Crippen molar-refractivity contribution in [2.24, 2.45) is 4.40 Å². The highest BCUT2D eigenvalue weighted by molar-refractivity contribution is 7.98. The van der Waals surface area contributed by atoms with Gasteiger partial charge < -0.3 is 5.32 Å². The third-order valence-electron chi connectivity index (χ3n) is 2.71. The van der Waals surface area contributed by atoms with Crippen LogP contribution in [0.15, 0.2) is 45.7 Å². The maximum atomic E-state index is 14.2. The predicted molar refractivity (Wildman–Crippen MR) is 79.6 cm³/mol. The summed E-state index contributed by atoms with van der Waals surface area (Å²) in [4.78, 5) is 0.806. The molecule has 0 amide bonds. The molecule has 1 aliphatic rings. The Morgan fingerprint density at radius 2 is 1.89 bits per heavy atom. The SMILES string of the molecule is Fc1ccc2c(c1-c1ccccc1Cl)NC(Cl)=NS2. The van der Waals surface area contributed by atoms with Crippen LogP contribution < -0.4 is 5.32 Å². The molecule has 0 fully saturated rings. The lowest BCUT2D eigenvalue weighted by Crippen LogP contribution is -2.10. The van der Waals surface area contributed by atoms with E-state index in [2.05, 4.69) is 9.71 Å². The van der Waals surface area contributed by atoms with Crippen LogP contribution in [0.5, 0.6) is 0 Å². The minimum atomic E-state index is -0.355. The largest absolute Gasteiger partial charge is 0.328 e.